The minimum Gasteiger partial charge on any atom is -0.366 e. The van der Waals surface area contributed by atoms with Gasteiger partial charge in [-0.2, -0.15) is 0 Å². The Morgan fingerprint density at radius 1 is 1.33 bits per heavy atom. The van der Waals surface area contributed by atoms with E-state index in [1.807, 2.05) is 13.4 Å². The maximum atomic E-state index is 4.48. The Hall–Kier alpha value is -0.580. The van der Waals surface area contributed by atoms with Crippen LogP contribution >= 0.6 is 22.6 Å². The largest absolute Gasteiger partial charge is 0.366 e. The minimum absolute atomic E-state index is 0.978. The van der Waals surface area contributed by atoms with Crippen molar-refractivity contribution in [2.45, 2.75) is 20.8 Å². The van der Waals surface area contributed by atoms with Gasteiger partial charge in [-0.25, -0.2) is 4.99 Å². The molecule has 0 fully saturated rings. The first-order chi connectivity index (χ1) is 7.04. The molecule has 0 unspecified atom stereocenters. The van der Waals surface area contributed by atoms with E-state index >= 15 is 0 Å². The lowest BCUT2D eigenvalue weighted by atomic mass is 10.1. The molecular weight excluding hydrogens is 299 g/mol. The van der Waals surface area contributed by atoms with Crippen LogP contribution < -0.4 is 0 Å². The molecule has 0 radical (unpaired) electrons. The monoisotopic (exact) mass is 316 g/mol. The zero-order valence-electron chi connectivity index (χ0n) is 9.71. The molecule has 0 N–H and O–H groups in total. The summed E-state index contributed by atoms with van der Waals surface area (Å²) in [5.41, 5.74) is 3.58. The minimum atomic E-state index is 0.978. The van der Waals surface area contributed by atoms with E-state index in [-0.39, 0.29) is 0 Å². The van der Waals surface area contributed by atoms with E-state index in [2.05, 4.69) is 65.4 Å². The van der Waals surface area contributed by atoms with Crippen LogP contribution in [0, 0.1) is 17.4 Å². The molecule has 0 aliphatic heterocycles. The average Bonchev–Trinajstić information content (AvgIpc) is 2.21. The first-order valence-electron chi connectivity index (χ1n) is 5.05. The van der Waals surface area contributed by atoms with Crippen LogP contribution in [-0.2, 0) is 0 Å². The Kier molecular flexibility index (Phi) is 4.57. The van der Waals surface area contributed by atoms with Gasteiger partial charge in [0.25, 0.3) is 0 Å². The standard InChI is InChI=1S/C12H17IN2/c1-5-15(4)8-14-12-7-9(2)11(13)6-10(12)3/h6-8H,5H2,1-4H3. The van der Waals surface area contributed by atoms with Gasteiger partial charge < -0.3 is 4.90 Å². The van der Waals surface area contributed by atoms with E-state index in [9.17, 15) is 0 Å². The molecule has 0 bridgehead atoms. The molecule has 0 saturated heterocycles. The van der Waals surface area contributed by atoms with Gasteiger partial charge in [-0.15, -0.1) is 0 Å². The van der Waals surface area contributed by atoms with Gasteiger partial charge in [0.2, 0.25) is 0 Å². The molecule has 3 heteroatoms. The number of rotatable bonds is 3. The number of aliphatic imine (C=N–C) groups is 1. The molecule has 0 amide bonds. The summed E-state index contributed by atoms with van der Waals surface area (Å²) < 4.78 is 1.30. The van der Waals surface area contributed by atoms with Gasteiger partial charge in [-0.05, 0) is 66.6 Å². The third-order valence-electron chi connectivity index (χ3n) is 2.37. The van der Waals surface area contributed by atoms with Gasteiger partial charge in [0.15, 0.2) is 0 Å². The topological polar surface area (TPSA) is 15.6 Å². The van der Waals surface area contributed by atoms with Crippen LogP contribution in [0.4, 0.5) is 5.69 Å². The zero-order chi connectivity index (χ0) is 11.4. The summed E-state index contributed by atoms with van der Waals surface area (Å²) in [6.07, 6.45) is 1.88. The maximum Gasteiger partial charge on any atom is 0.0909 e. The number of hydrogen-bond donors (Lipinski definition) is 0. The molecule has 82 valence electrons. The summed E-state index contributed by atoms with van der Waals surface area (Å²) in [4.78, 5) is 6.54. The third kappa shape index (κ3) is 3.48. The van der Waals surface area contributed by atoms with Crippen LogP contribution in [0.3, 0.4) is 0 Å². The molecule has 0 aromatic heterocycles. The number of halogens is 1. The van der Waals surface area contributed by atoms with Crippen molar-refractivity contribution in [2.75, 3.05) is 13.6 Å². The lowest BCUT2D eigenvalue weighted by Crippen LogP contribution is -2.14. The first kappa shape index (κ1) is 12.5. The number of aryl methyl sites for hydroxylation is 2. The Labute approximate surface area is 106 Å². The van der Waals surface area contributed by atoms with Gasteiger partial charge in [0.1, 0.15) is 0 Å². The normalized spacial score (nSPS) is 11.0. The quantitative estimate of drug-likeness (QED) is 0.473. The van der Waals surface area contributed by atoms with Crippen molar-refractivity contribution >= 4 is 34.6 Å². The fourth-order valence-electron chi connectivity index (χ4n) is 1.15. The predicted molar refractivity (Wildman–Crippen MR) is 75.1 cm³/mol. The van der Waals surface area contributed by atoms with E-state index in [4.69, 9.17) is 0 Å². The van der Waals surface area contributed by atoms with Crippen molar-refractivity contribution in [3.63, 3.8) is 0 Å². The van der Waals surface area contributed by atoms with Crippen LogP contribution in [0.25, 0.3) is 0 Å². The van der Waals surface area contributed by atoms with E-state index in [0.717, 1.165) is 12.2 Å². The molecule has 0 saturated carbocycles. The van der Waals surface area contributed by atoms with Crippen molar-refractivity contribution in [3.8, 4) is 0 Å². The van der Waals surface area contributed by atoms with Crippen LogP contribution in [0.1, 0.15) is 18.1 Å². The molecular formula is C12H17IN2. The first-order valence-corrected chi connectivity index (χ1v) is 6.13. The van der Waals surface area contributed by atoms with Gasteiger partial charge in [-0.1, -0.05) is 0 Å². The molecule has 1 aromatic rings. The Morgan fingerprint density at radius 3 is 2.60 bits per heavy atom. The molecule has 0 atom stereocenters. The molecule has 0 aliphatic rings. The van der Waals surface area contributed by atoms with Crippen LogP contribution in [0.5, 0.6) is 0 Å². The third-order valence-corrected chi connectivity index (χ3v) is 3.53. The van der Waals surface area contributed by atoms with Crippen molar-refractivity contribution in [1.82, 2.24) is 4.90 Å². The second-order valence-electron chi connectivity index (χ2n) is 3.71. The Balaban J connectivity index is 2.95. The van der Waals surface area contributed by atoms with E-state index in [0.29, 0.717) is 0 Å². The summed E-state index contributed by atoms with van der Waals surface area (Å²) in [5.74, 6) is 0. The second-order valence-corrected chi connectivity index (χ2v) is 4.87. The number of benzene rings is 1. The summed E-state index contributed by atoms with van der Waals surface area (Å²) in [7, 11) is 2.03. The SMILES string of the molecule is CCN(C)C=Nc1cc(C)c(I)cc1C. The molecule has 1 rings (SSSR count). The highest BCUT2D eigenvalue weighted by Gasteiger charge is 2.00. The fourth-order valence-corrected chi connectivity index (χ4v) is 1.77. The highest BCUT2D eigenvalue weighted by molar-refractivity contribution is 14.1. The zero-order valence-corrected chi connectivity index (χ0v) is 11.9. The van der Waals surface area contributed by atoms with Crippen LogP contribution in [0.15, 0.2) is 17.1 Å². The van der Waals surface area contributed by atoms with Gasteiger partial charge in [-0.3, -0.25) is 0 Å². The molecule has 15 heavy (non-hydrogen) atoms. The van der Waals surface area contributed by atoms with Crippen LogP contribution in [0.2, 0.25) is 0 Å². The number of hydrogen-bond acceptors (Lipinski definition) is 1. The maximum absolute atomic E-state index is 4.48. The van der Waals surface area contributed by atoms with E-state index in [1.54, 1.807) is 0 Å². The predicted octanol–water partition coefficient (Wildman–Crippen LogP) is 3.52. The van der Waals surface area contributed by atoms with Gasteiger partial charge >= 0.3 is 0 Å². The van der Waals surface area contributed by atoms with Crippen molar-refractivity contribution < 1.29 is 0 Å². The molecule has 2 nitrogen and oxygen atoms in total. The van der Waals surface area contributed by atoms with Gasteiger partial charge in [0, 0.05) is 17.2 Å². The lowest BCUT2D eigenvalue weighted by molar-refractivity contribution is 0.552. The molecule has 0 heterocycles. The second kappa shape index (κ2) is 5.49. The van der Waals surface area contributed by atoms with Crippen molar-refractivity contribution in [3.05, 3.63) is 26.8 Å². The van der Waals surface area contributed by atoms with Crippen LogP contribution in [-0.4, -0.2) is 24.8 Å². The molecule has 0 aliphatic carbocycles. The highest BCUT2D eigenvalue weighted by Crippen LogP contribution is 2.23. The Morgan fingerprint density at radius 2 is 2.00 bits per heavy atom. The summed E-state index contributed by atoms with van der Waals surface area (Å²) in [6.45, 7) is 7.30. The van der Waals surface area contributed by atoms with Crippen molar-refractivity contribution in [1.29, 1.82) is 0 Å². The molecule has 1 aromatic carbocycles. The summed E-state index contributed by atoms with van der Waals surface area (Å²) in [5, 5.41) is 0. The van der Waals surface area contributed by atoms with Crippen molar-refractivity contribution in [2.24, 2.45) is 4.99 Å². The number of nitrogens with zero attached hydrogens (tertiary/aromatic N) is 2. The van der Waals surface area contributed by atoms with E-state index < -0.39 is 0 Å². The lowest BCUT2D eigenvalue weighted by Gasteiger charge is -2.09. The Bertz CT molecular complexity index is 372. The average molecular weight is 316 g/mol. The molecule has 0 spiro atoms. The van der Waals surface area contributed by atoms with Gasteiger partial charge in [0.05, 0.1) is 12.0 Å². The highest BCUT2D eigenvalue weighted by atomic mass is 127. The fraction of sp³-hybridized carbons (Fsp3) is 0.417. The summed E-state index contributed by atoms with van der Waals surface area (Å²) >= 11 is 2.35. The smallest absolute Gasteiger partial charge is 0.0909 e. The van der Waals surface area contributed by atoms with E-state index in [1.165, 1.54) is 14.7 Å². The summed E-state index contributed by atoms with van der Waals surface area (Å²) in [6, 6.07) is 4.31.